The van der Waals surface area contributed by atoms with Crippen molar-refractivity contribution in [3.05, 3.63) is 48.3 Å². The largest absolute Gasteiger partial charge is 0.435 e. The fourth-order valence-electron chi connectivity index (χ4n) is 1.31. The molecule has 0 saturated heterocycles. The second-order valence-electron chi connectivity index (χ2n) is 3.51. The molecule has 0 spiro atoms. The lowest BCUT2D eigenvalue weighted by Crippen LogP contribution is -2.07. The Balaban J connectivity index is 3.07. The summed E-state index contributed by atoms with van der Waals surface area (Å²) in [6.07, 6.45) is 2.22. The van der Waals surface area contributed by atoms with Crippen LogP contribution in [0.1, 0.15) is 18.3 Å². The van der Waals surface area contributed by atoms with Gasteiger partial charge in [-0.15, -0.1) is 0 Å². The smallest absolute Gasteiger partial charge is 0.242 e. The highest BCUT2D eigenvalue weighted by Crippen LogP contribution is 2.29. The molecule has 0 fully saturated rings. The van der Waals surface area contributed by atoms with Gasteiger partial charge in [-0.05, 0) is 26.0 Å². The Kier molecular flexibility index (Phi) is 3.93. The van der Waals surface area contributed by atoms with Crippen molar-refractivity contribution in [1.82, 2.24) is 9.78 Å². The molecule has 1 aromatic heterocycles. The Morgan fingerprint density at radius 3 is 2.53 bits per heavy atom. The summed E-state index contributed by atoms with van der Waals surface area (Å²) in [6, 6.07) is 1.02. The lowest BCUT2D eigenvalue weighted by atomic mass is 10.3. The second-order valence-corrected chi connectivity index (χ2v) is 3.51. The van der Waals surface area contributed by atoms with Gasteiger partial charge in [-0.2, -0.15) is 18.3 Å². The Morgan fingerprint density at radius 1 is 1.41 bits per heavy atom. The number of hydrogen-bond acceptors (Lipinski definition) is 1. The van der Waals surface area contributed by atoms with Crippen molar-refractivity contribution in [2.24, 2.45) is 0 Å². The van der Waals surface area contributed by atoms with Gasteiger partial charge in [-0.25, -0.2) is 4.68 Å². The van der Waals surface area contributed by atoms with E-state index in [9.17, 15) is 13.2 Å². The summed E-state index contributed by atoms with van der Waals surface area (Å²) in [6.45, 7) is 6.77. The van der Waals surface area contributed by atoms with Crippen LogP contribution in [0.3, 0.4) is 0 Å². The fourth-order valence-corrected chi connectivity index (χ4v) is 1.31. The molecular weight excluding hydrogens is 229 g/mol. The van der Waals surface area contributed by atoms with E-state index in [2.05, 4.69) is 11.7 Å². The van der Waals surface area contributed by atoms with Crippen LogP contribution in [0, 0.1) is 6.92 Å². The molecule has 0 unspecified atom stereocenters. The van der Waals surface area contributed by atoms with Crippen LogP contribution in [-0.2, 0) is 6.18 Å². The Hall–Kier alpha value is -1.78. The molecule has 2 nitrogen and oxygen atoms in total. The van der Waals surface area contributed by atoms with Crippen LogP contribution < -0.4 is 0 Å². The number of allylic oxidation sites excluding steroid dienone is 5. The van der Waals surface area contributed by atoms with Crippen molar-refractivity contribution in [2.75, 3.05) is 0 Å². The van der Waals surface area contributed by atoms with Gasteiger partial charge in [0, 0.05) is 11.4 Å². The van der Waals surface area contributed by atoms with E-state index in [0.717, 1.165) is 6.07 Å². The first kappa shape index (κ1) is 13.3. The molecule has 0 aliphatic rings. The lowest BCUT2D eigenvalue weighted by molar-refractivity contribution is -0.141. The normalized spacial score (nSPS) is 13.4. The summed E-state index contributed by atoms with van der Waals surface area (Å²) in [7, 11) is 0. The lowest BCUT2D eigenvalue weighted by Gasteiger charge is -2.03. The van der Waals surface area contributed by atoms with E-state index in [4.69, 9.17) is 0 Å². The molecule has 0 saturated carbocycles. The highest BCUT2D eigenvalue weighted by molar-refractivity contribution is 5.46. The molecule has 1 rings (SSSR count). The molecule has 17 heavy (non-hydrogen) atoms. The van der Waals surface area contributed by atoms with E-state index in [1.165, 1.54) is 4.68 Å². The van der Waals surface area contributed by atoms with Crippen molar-refractivity contribution in [1.29, 1.82) is 0 Å². The van der Waals surface area contributed by atoms with Crippen LogP contribution in [-0.4, -0.2) is 9.78 Å². The van der Waals surface area contributed by atoms with Gasteiger partial charge in [0.1, 0.15) is 0 Å². The van der Waals surface area contributed by atoms with Gasteiger partial charge in [-0.1, -0.05) is 24.8 Å². The van der Waals surface area contributed by atoms with Crippen molar-refractivity contribution < 1.29 is 13.2 Å². The monoisotopic (exact) mass is 242 g/mol. The van der Waals surface area contributed by atoms with E-state index >= 15 is 0 Å². The van der Waals surface area contributed by atoms with Crippen LogP contribution in [0.15, 0.2) is 36.9 Å². The third-order valence-electron chi connectivity index (χ3n) is 2.10. The number of hydrogen-bond donors (Lipinski definition) is 0. The predicted molar refractivity (Wildman–Crippen MR) is 61.3 cm³/mol. The molecule has 1 heterocycles. The standard InChI is InChI=1S/C12H13F3N2/c1-4-5-6-7-9(2)17-10(3)8-11(16-17)12(13,14)15/h4-8H,1H2,2-3H3/b6-5-,9-7+. The summed E-state index contributed by atoms with van der Waals surface area (Å²) in [4.78, 5) is 0. The number of aromatic nitrogens is 2. The molecule has 0 N–H and O–H groups in total. The first-order valence-electron chi connectivity index (χ1n) is 4.96. The van der Waals surface area contributed by atoms with Crippen molar-refractivity contribution >= 4 is 5.70 Å². The number of nitrogens with zero attached hydrogens (tertiary/aromatic N) is 2. The Morgan fingerprint density at radius 2 is 2.06 bits per heavy atom. The topological polar surface area (TPSA) is 17.8 Å². The minimum absolute atomic E-state index is 0.443. The Labute approximate surface area is 97.8 Å². The molecule has 92 valence electrons. The summed E-state index contributed by atoms with van der Waals surface area (Å²) in [5.41, 5.74) is 0.171. The SMILES string of the molecule is C=C/C=C\C=C(/C)n1nc(C(F)(F)F)cc1C. The van der Waals surface area contributed by atoms with Gasteiger partial charge in [0.25, 0.3) is 0 Å². The van der Waals surface area contributed by atoms with Gasteiger partial charge < -0.3 is 0 Å². The van der Waals surface area contributed by atoms with Crippen molar-refractivity contribution in [3.8, 4) is 0 Å². The minimum Gasteiger partial charge on any atom is -0.242 e. The predicted octanol–water partition coefficient (Wildman–Crippen LogP) is 3.81. The summed E-state index contributed by atoms with van der Waals surface area (Å²) < 4.78 is 38.5. The fraction of sp³-hybridized carbons (Fsp3) is 0.250. The maximum atomic E-state index is 12.4. The third-order valence-corrected chi connectivity index (χ3v) is 2.10. The summed E-state index contributed by atoms with van der Waals surface area (Å²) in [5, 5.41) is 3.52. The highest BCUT2D eigenvalue weighted by Gasteiger charge is 2.34. The number of alkyl halides is 3. The van der Waals surface area contributed by atoms with Crippen molar-refractivity contribution in [2.45, 2.75) is 20.0 Å². The number of rotatable bonds is 3. The average Bonchev–Trinajstić information content (AvgIpc) is 2.60. The zero-order valence-corrected chi connectivity index (χ0v) is 9.62. The van der Waals surface area contributed by atoms with E-state index in [-0.39, 0.29) is 0 Å². The molecule has 1 aromatic rings. The van der Waals surface area contributed by atoms with Crippen LogP contribution in [0.25, 0.3) is 5.70 Å². The molecule has 0 atom stereocenters. The van der Waals surface area contributed by atoms with Gasteiger partial charge >= 0.3 is 6.18 Å². The quantitative estimate of drug-likeness (QED) is 0.737. The number of halogens is 3. The van der Waals surface area contributed by atoms with E-state index in [1.54, 1.807) is 38.2 Å². The van der Waals surface area contributed by atoms with Gasteiger partial charge in [0.05, 0.1) is 0 Å². The minimum atomic E-state index is -4.41. The van der Waals surface area contributed by atoms with Crippen LogP contribution in [0.4, 0.5) is 13.2 Å². The Bertz CT molecular complexity index is 465. The van der Waals surface area contributed by atoms with E-state index in [1.807, 2.05) is 0 Å². The molecule has 5 heteroatoms. The average molecular weight is 242 g/mol. The maximum Gasteiger partial charge on any atom is 0.435 e. The van der Waals surface area contributed by atoms with Crippen molar-refractivity contribution in [3.63, 3.8) is 0 Å². The first-order valence-corrected chi connectivity index (χ1v) is 4.96. The molecule has 0 bridgehead atoms. The molecular formula is C12H13F3N2. The first-order chi connectivity index (χ1) is 7.86. The number of aryl methyl sites for hydroxylation is 1. The summed E-state index contributed by atoms with van der Waals surface area (Å²) in [5.74, 6) is 0. The molecule has 0 aliphatic carbocycles. The summed E-state index contributed by atoms with van der Waals surface area (Å²) >= 11 is 0. The second kappa shape index (κ2) is 5.03. The maximum absolute atomic E-state index is 12.4. The zero-order valence-electron chi connectivity index (χ0n) is 9.62. The zero-order chi connectivity index (χ0) is 13.1. The molecule has 0 aromatic carbocycles. The van der Waals surface area contributed by atoms with Gasteiger partial charge in [0.2, 0.25) is 0 Å². The van der Waals surface area contributed by atoms with Crippen LogP contribution in [0.2, 0.25) is 0 Å². The molecule has 0 aliphatic heterocycles. The van der Waals surface area contributed by atoms with E-state index < -0.39 is 11.9 Å². The highest BCUT2D eigenvalue weighted by atomic mass is 19.4. The van der Waals surface area contributed by atoms with Crippen LogP contribution >= 0.6 is 0 Å². The third kappa shape index (κ3) is 3.34. The molecule has 0 radical (unpaired) electrons. The molecule has 0 amide bonds. The van der Waals surface area contributed by atoms with Gasteiger partial charge in [0.15, 0.2) is 5.69 Å². The van der Waals surface area contributed by atoms with Crippen LogP contribution in [0.5, 0.6) is 0 Å². The van der Waals surface area contributed by atoms with E-state index in [0.29, 0.717) is 11.4 Å². The van der Waals surface area contributed by atoms with Gasteiger partial charge in [-0.3, -0.25) is 0 Å².